The molecule has 29 heavy (non-hydrogen) atoms. The Bertz CT molecular complexity index is 1020. The summed E-state index contributed by atoms with van der Waals surface area (Å²) in [5.74, 6) is -1.65. The van der Waals surface area contributed by atoms with Gasteiger partial charge in [-0.05, 0) is 49.2 Å². The molecule has 0 aliphatic rings. The van der Waals surface area contributed by atoms with Crippen molar-refractivity contribution in [1.29, 1.82) is 0 Å². The van der Waals surface area contributed by atoms with Gasteiger partial charge in [0, 0.05) is 11.4 Å². The lowest BCUT2D eigenvalue weighted by Gasteiger charge is -2.25. The monoisotopic (exact) mass is 428 g/mol. The summed E-state index contributed by atoms with van der Waals surface area (Å²) >= 11 is 0. The van der Waals surface area contributed by atoms with Gasteiger partial charge in [-0.25, -0.2) is 8.42 Å². The Kier molecular flexibility index (Phi) is 6.39. The molecule has 0 heterocycles. The van der Waals surface area contributed by atoms with Crippen molar-refractivity contribution >= 4 is 33.4 Å². The largest absolute Gasteiger partial charge is 0.426 e. The first-order chi connectivity index (χ1) is 13.3. The number of hydrogen-bond donors (Lipinski definition) is 3. The molecule has 6 nitrogen and oxygen atoms in total. The van der Waals surface area contributed by atoms with E-state index >= 15 is 0 Å². The Morgan fingerprint density at radius 1 is 1.10 bits per heavy atom. The van der Waals surface area contributed by atoms with E-state index in [0.717, 1.165) is 5.41 Å². The summed E-state index contributed by atoms with van der Waals surface area (Å²) in [6, 6.07) is 12.6. The Labute approximate surface area is 166 Å². The van der Waals surface area contributed by atoms with E-state index in [4.69, 9.17) is 0 Å². The highest BCUT2D eigenvalue weighted by atomic mass is 32.2. The van der Waals surface area contributed by atoms with Gasteiger partial charge in [-0.1, -0.05) is 30.3 Å². The number of carbonyl (C=O) groups is 1. The second-order valence-corrected chi connectivity index (χ2v) is 7.98. The first-order valence-electron chi connectivity index (χ1n) is 8.29. The normalized spacial score (nSPS) is 14.4. The molecule has 2 rings (SSSR count). The van der Waals surface area contributed by atoms with Crippen molar-refractivity contribution in [2.45, 2.75) is 25.6 Å². The van der Waals surface area contributed by atoms with Crippen molar-refractivity contribution in [2.24, 2.45) is 0 Å². The minimum Gasteiger partial charge on any atom is -0.373 e. The molecular weight excluding hydrogens is 409 g/mol. The third kappa shape index (κ3) is 5.81. The maximum absolute atomic E-state index is 12.7. The van der Waals surface area contributed by atoms with Gasteiger partial charge in [0.05, 0.1) is 5.41 Å². The average Bonchev–Trinajstić information content (AvgIpc) is 2.62. The van der Waals surface area contributed by atoms with Crippen LogP contribution in [0, 0.1) is 6.92 Å². The van der Waals surface area contributed by atoms with Crippen LogP contribution in [-0.4, -0.2) is 31.2 Å². The second-order valence-electron chi connectivity index (χ2n) is 6.41. The van der Waals surface area contributed by atoms with Crippen LogP contribution in [0.3, 0.4) is 0 Å². The number of anilines is 2. The van der Waals surface area contributed by atoms with E-state index in [-0.39, 0.29) is 11.4 Å². The van der Waals surface area contributed by atoms with E-state index in [9.17, 15) is 31.5 Å². The summed E-state index contributed by atoms with van der Waals surface area (Å²) in [5, 5.41) is 12.4. The second kappa shape index (κ2) is 8.26. The summed E-state index contributed by atoms with van der Waals surface area (Å²) in [4.78, 5) is 11.8. The van der Waals surface area contributed by atoms with Crippen molar-refractivity contribution in [1.82, 2.24) is 0 Å². The standard InChI is InChI=1S/C19H19F3N2O4S/c1-13-12-15(24-29(27,28)11-10-14-6-4-3-5-7-14)8-9-16(13)23-17(25)18(2,26)19(20,21)22/h3-12,24,26H,1-2H3,(H,23,25)/t18-/m1/s1. The van der Waals surface area contributed by atoms with Crippen LogP contribution >= 0.6 is 0 Å². The van der Waals surface area contributed by atoms with Crippen molar-refractivity contribution in [2.75, 3.05) is 10.0 Å². The maximum atomic E-state index is 12.7. The molecule has 0 spiro atoms. The molecule has 1 atom stereocenters. The molecule has 3 N–H and O–H groups in total. The third-order valence-corrected chi connectivity index (χ3v) is 4.98. The van der Waals surface area contributed by atoms with Crippen LogP contribution in [0.25, 0.3) is 6.08 Å². The predicted octanol–water partition coefficient (Wildman–Crippen LogP) is 3.66. The van der Waals surface area contributed by atoms with Crippen LogP contribution in [0.5, 0.6) is 0 Å². The first-order valence-corrected chi connectivity index (χ1v) is 9.83. The van der Waals surface area contributed by atoms with Crippen LogP contribution < -0.4 is 10.0 Å². The highest BCUT2D eigenvalue weighted by molar-refractivity contribution is 7.95. The van der Waals surface area contributed by atoms with E-state index in [1.54, 1.807) is 30.3 Å². The highest BCUT2D eigenvalue weighted by Gasteiger charge is 2.55. The molecule has 0 radical (unpaired) electrons. The lowest BCUT2D eigenvalue weighted by Crippen LogP contribution is -2.52. The van der Waals surface area contributed by atoms with E-state index < -0.39 is 27.7 Å². The van der Waals surface area contributed by atoms with E-state index in [1.807, 2.05) is 5.32 Å². The summed E-state index contributed by atoms with van der Waals surface area (Å²) in [6.45, 7) is 1.81. The molecular formula is C19H19F3N2O4S. The lowest BCUT2D eigenvalue weighted by molar-refractivity contribution is -0.242. The predicted molar refractivity (Wildman–Crippen MR) is 105 cm³/mol. The number of halogens is 3. The van der Waals surface area contributed by atoms with Gasteiger partial charge in [0.15, 0.2) is 0 Å². The molecule has 1 amide bonds. The zero-order valence-electron chi connectivity index (χ0n) is 15.5. The number of rotatable bonds is 6. The zero-order chi connectivity index (χ0) is 21.9. The molecule has 2 aromatic rings. The number of carbonyl (C=O) groups excluding carboxylic acids is 1. The highest BCUT2D eigenvalue weighted by Crippen LogP contribution is 2.31. The minimum atomic E-state index is -5.15. The molecule has 156 valence electrons. The summed E-state index contributed by atoms with van der Waals surface area (Å²) in [6.07, 6.45) is -3.74. The number of aliphatic hydroxyl groups is 1. The van der Waals surface area contributed by atoms with Gasteiger partial charge < -0.3 is 10.4 Å². The van der Waals surface area contributed by atoms with Crippen LogP contribution in [0.15, 0.2) is 53.9 Å². The molecule has 2 aromatic carbocycles. The fourth-order valence-electron chi connectivity index (χ4n) is 2.17. The quantitative estimate of drug-likeness (QED) is 0.654. The summed E-state index contributed by atoms with van der Waals surface area (Å²) < 4.78 is 64.8. The number of benzene rings is 2. The molecule has 0 aliphatic heterocycles. The van der Waals surface area contributed by atoms with E-state index in [0.29, 0.717) is 18.1 Å². The van der Waals surface area contributed by atoms with Gasteiger partial charge in [-0.15, -0.1) is 0 Å². The van der Waals surface area contributed by atoms with Crippen LogP contribution in [0.2, 0.25) is 0 Å². The van der Waals surface area contributed by atoms with Crippen LogP contribution in [-0.2, 0) is 14.8 Å². The van der Waals surface area contributed by atoms with E-state index in [2.05, 4.69) is 4.72 Å². The lowest BCUT2D eigenvalue weighted by atomic mass is 10.1. The van der Waals surface area contributed by atoms with Crippen LogP contribution in [0.1, 0.15) is 18.1 Å². The van der Waals surface area contributed by atoms with Gasteiger partial charge >= 0.3 is 6.18 Å². The SMILES string of the molecule is Cc1cc(NS(=O)(=O)C=Cc2ccccc2)ccc1NC(=O)[C@@](C)(O)C(F)(F)F. The molecule has 0 saturated heterocycles. The molecule has 10 heteroatoms. The molecule has 0 aromatic heterocycles. The zero-order valence-corrected chi connectivity index (χ0v) is 16.3. The first kappa shape index (κ1) is 22.4. The van der Waals surface area contributed by atoms with Gasteiger partial charge in [-0.3, -0.25) is 9.52 Å². The summed E-state index contributed by atoms with van der Waals surface area (Å²) in [5.41, 5.74) is -2.43. The Morgan fingerprint density at radius 2 is 1.72 bits per heavy atom. The van der Waals surface area contributed by atoms with E-state index in [1.165, 1.54) is 31.2 Å². The van der Waals surface area contributed by atoms with Gasteiger partial charge in [0.25, 0.3) is 15.9 Å². The number of hydrogen-bond acceptors (Lipinski definition) is 4. The van der Waals surface area contributed by atoms with Crippen molar-refractivity contribution < 1.29 is 31.5 Å². The Hall–Kier alpha value is -2.85. The Balaban J connectivity index is 2.13. The molecule has 0 bridgehead atoms. The summed E-state index contributed by atoms with van der Waals surface area (Å²) in [7, 11) is -3.83. The number of sulfonamides is 1. The Morgan fingerprint density at radius 3 is 2.28 bits per heavy atom. The maximum Gasteiger partial charge on any atom is 0.426 e. The fourth-order valence-corrected chi connectivity index (χ4v) is 3.03. The van der Waals surface area contributed by atoms with Crippen molar-refractivity contribution in [3.8, 4) is 0 Å². The van der Waals surface area contributed by atoms with Gasteiger partial charge in [0.2, 0.25) is 5.60 Å². The molecule has 0 fully saturated rings. The molecule has 0 aliphatic carbocycles. The molecule has 0 unspecified atom stereocenters. The number of amides is 1. The van der Waals surface area contributed by atoms with Crippen LogP contribution in [0.4, 0.5) is 24.5 Å². The average molecular weight is 428 g/mol. The van der Waals surface area contributed by atoms with Gasteiger partial charge in [0.1, 0.15) is 0 Å². The minimum absolute atomic E-state index is 0.00213. The number of nitrogens with one attached hydrogen (secondary N) is 2. The molecule has 0 saturated carbocycles. The third-order valence-electron chi connectivity index (χ3n) is 3.97. The van der Waals surface area contributed by atoms with Gasteiger partial charge in [-0.2, -0.15) is 13.2 Å². The topological polar surface area (TPSA) is 95.5 Å². The number of alkyl halides is 3. The smallest absolute Gasteiger partial charge is 0.373 e. The number of aryl methyl sites for hydroxylation is 1. The van der Waals surface area contributed by atoms with Crippen molar-refractivity contribution in [3.05, 3.63) is 65.1 Å². The fraction of sp³-hybridized carbons (Fsp3) is 0.211. The van der Waals surface area contributed by atoms with Crippen molar-refractivity contribution in [3.63, 3.8) is 0 Å².